The maximum absolute atomic E-state index is 12.2. The van der Waals surface area contributed by atoms with Crippen LogP contribution >= 0.6 is 0 Å². The van der Waals surface area contributed by atoms with Crippen molar-refractivity contribution in [1.29, 1.82) is 0 Å². The summed E-state index contributed by atoms with van der Waals surface area (Å²) in [4.78, 5) is 23.6. The zero-order chi connectivity index (χ0) is 16.2. The number of carboxylic acid groups (broad SMARTS) is 1. The monoisotopic (exact) mass is 305 g/mol. The standard InChI is InChI=1S/C17H23NO4/c1-12-6-3-4-7-13(12)10-14(15(19)20)11-18-16(21)17(2)8-5-9-22-17/h3-4,6-7,14H,5,8-11H2,1-2H3,(H,18,21)(H,19,20)/t14-,17-/m1/s1. The number of carbonyl (C=O) groups excluding carboxylic acids is 1. The van der Waals surface area contributed by atoms with Crippen molar-refractivity contribution in [3.63, 3.8) is 0 Å². The van der Waals surface area contributed by atoms with Crippen LogP contribution in [0, 0.1) is 12.8 Å². The van der Waals surface area contributed by atoms with Gasteiger partial charge < -0.3 is 15.2 Å². The second-order valence-corrected chi connectivity index (χ2v) is 6.06. The molecule has 2 N–H and O–H groups in total. The van der Waals surface area contributed by atoms with Gasteiger partial charge in [-0.3, -0.25) is 9.59 Å². The molecule has 0 aliphatic carbocycles. The van der Waals surface area contributed by atoms with E-state index >= 15 is 0 Å². The molecular formula is C17H23NO4. The number of hydrogen-bond acceptors (Lipinski definition) is 3. The Kier molecular flexibility index (Phi) is 5.19. The minimum absolute atomic E-state index is 0.113. The second kappa shape index (κ2) is 6.92. The Morgan fingerprint density at radius 3 is 2.73 bits per heavy atom. The van der Waals surface area contributed by atoms with E-state index in [2.05, 4.69) is 5.32 Å². The smallest absolute Gasteiger partial charge is 0.308 e. The first-order valence-electron chi connectivity index (χ1n) is 7.62. The van der Waals surface area contributed by atoms with Crippen LogP contribution in [-0.2, 0) is 20.7 Å². The molecule has 0 unspecified atom stereocenters. The fraction of sp³-hybridized carbons (Fsp3) is 0.529. The van der Waals surface area contributed by atoms with Crippen molar-refractivity contribution in [2.45, 2.75) is 38.7 Å². The average Bonchev–Trinajstić information content (AvgIpc) is 2.92. The van der Waals surface area contributed by atoms with Gasteiger partial charge in [-0.05, 0) is 44.2 Å². The molecule has 0 bridgehead atoms. The molecule has 1 aliphatic rings. The molecule has 0 saturated carbocycles. The Bertz CT molecular complexity index is 549. The fourth-order valence-electron chi connectivity index (χ4n) is 2.71. The molecule has 1 heterocycles. The molecule has 120 valence electrons. The molecule has 0 spiro atoms. The summed E-state index contributed by atoms with van der Waals surface area (Å²) in [5.41, 5.74) is 1.24. The molecule has 1 aromatic carbocycles. The average molecular weight is 305 g/mol. The van der Waals surface area contributed by atoms with Crippen molar-refractivity contribution in [1.82, 2.24) is 5.32 Å². The molecule has 1 aromatic rings. The molecular weight excluding hydrogens is 282 g/mol. The number of aryl methyl sites for hydroxylation is 1. The molecule has 1 aliphatic heterocycles. The summed E-state index contributed by atoms with van der Waals surface area (Å²) in [6.45, 7) is 4.41. The lowest BCUT2D eigenvalue weighted by atomic mass is 9.95. The van der Waals surface area contributed by atoms with Crippen LogP contribution in [0.1, 0.15) is 30.9 Å². The van der Waals surface area contributed by atoms with E-state index in [0.717, 1.165) is 17.5 Å². The Balaban J connectivity index is 1.96. The van der Waals surface area contributed by atoms with Crippen LogP contribution in [0.2, 0.25) is 0 Å². The topological polar surface area (TPSA) is 75.6 Å². The minimum atomic E-state index is -0.902. The molecule has 22 heavy (non-hydrogen) atoms. The number of aliphatic carboxylic acids is 1. The van der Waals surface area contributed by atoms with Crippen LogP contribution in [0.25, 0.3) is 0 Å². The van der Waals surface area contributed by atoms with Gasteiger partial charge in [0.1, 0.15) is 5.60 Å². The minimum Gasteiger partial charge on any atom is -0.481 e. The first kappa shape index (κ1) is 16.5. The summed E-state index contributed by atoms with van der Waals surface area (Å²) in [5, 5.41) is 12.1. The largest absolute Gasteiger partial charge is 0.481 e. The number of carbonyl (C=O) groups is 2. The number of benzene rings is 1. The molecule has 2 atom stereocenters. The summed E-state index contributed by atoms with van der Waals surface area (Å²) < 4.78 is 5.47. The van der Waals surface area contributed by atoms with E-state index in [1.807, 2.05) is 31.2 Å². The lowest BCUT2D eigenvalue weighted by Gasteiger charge is -2.23. The zero-order valence-electron chi connectivity index (χ0n) is 13.1. The highest BCUT2D eigenvalue weighted by atomic mass is 16.5. The fourth-order valence-corrected chi connectivity index (χ4v) is 2.71. The Hall–Kier alpha value is -1.88. The number of nitrogens with one attached hydrogen (secondary N) is 1. The lowest BCUT2D eigenvalue weighted by molar-refractivity contribution is -0.143. The summed E-state index contributed by atoms with van der Waals surface area (Å²) in [6, 6.07) is 7.70. The SMILES string of the molecule is Cc1ccccc1C[C@H](CNC(=O)[C@@]1(C)CCCO1)C(=O)O. The van der Waals surface area contributed by atoms with E-state index in [-0.39, 0.29) is 12.5 Å². The molecule has 1 amide bonds. The Morgan fingerprint density at radius 2 is 2.14 bits per heavy atom. The van der Waals surface area contributed by atoms with Crippen LogP contribution in [0.4, 0.5) is 0 Å². The molecule has 0 aromatic heterocycles. The van der Waals surface area contributed by atoms with Crippen LogP contribution in [-0.4, -0.2) is 35.7 Å². The van der Waals surface area contributed by atoms with E-state index < -0.39 is 17.5 Å². The summed E-state index contributed by atoms with van der Waals surface area (Å²) in [6.07, 6.45) is 1.93. The first-order valence-corrected chi connectivity index (χ1v) is 7.62. The summed E-state index contributed by atoms with van der Waals surface area (Å²) in [7, 11) is 0. The van der Waals surface area contributed by atoms with Gasteiger partial charge >= 0.3 is 5.97 Å². The van der Waals surface area contributed by atoms with E-state index in [1.165, 1.54) is 0 Å². The van der Waals surface area contributed by atoms with Crippen LogP contribution in [0.5, 0.6) is 0 Å². The maximum atomic E-state index is 12.2. The van der Waals surface area contributed by atoms with E-state index in [0.29, 0.717) is 19.4 Å². The van der Waals surface area contributed by atoms with Crippen LogP contribution in [0.15, 0.2) is 24.3 Å². The molecule has 1 fully saturated rings. The first-order chi connectivity index (χ1) is 10.4. The molecule has 5 nitrogen and oxygen atoms in total. The van der Waals surface area contributed by atoms with Crippen molar-refractivity contribution in [3.05, 3.63) is 35.4 Å². The van der Waals surface area contributed by atoms with Gasteiger partial charge in [0.05, 0.1) is 5.92 Å². The molecule has 2 rings (SSSR count). The Morgan fingerprint density at radius 1 is 1.41 bits per heavy atom. The van der Waals surface area contributed by atoms with Crippen LogP contribution < -0.4 is 5.32 Å². The van der Waals surface area contributed by atoms with Crippen molar-refractivity contribution in [2.75, 3.05) is 13.2 Å². The van der Waals surface area contributed by atoms with Gasteiger partial charge in [0.15, 0.2) is 0 Å². The van der Waals surface area contributed by atoms with Gasteiger partial charge in [-0.2, -0.15) is 0 Å². The predicted molar refractivity (Wildman–Crippen MR) is 82.6 cm³/mol. The number of rotatable bonds is 6. The van der Waals surface area contributed by atoms with Gasteiger partial charge in [0.2, 0.25) is 0 Å². The third kappa shape index (κ3) is 3.85. The van der Waals surface area contributed by atoms with Gasteiger partial charge in [-0.1, -0.05) is 24.3 Å². The van der Waals surface area contributed by atoms with Gasteiger partial charge in [0, 0.05) is 13.2 Å². The van der Waals surface area contributed by atoms with E-state index in [4.69, 9.17) is 4.74 Å². The predicted octanol–water partition coefficient (Wildman–Crippen LogP) is 1.92. The third-order valence-corrected chi connectivity index (χ3v) is 4.28. The lowest BCUT2D eigenvalue weighted by Crippen LogP contribution is -2.46. The summed E-state index contributed by atoms with van der Waals surface area (Å²) in [5.74, 6) is -1.77. The molecule has 5 heteroatoms. The number of carboxylic acids is 1. The van der Waals surface area contributed by atoms with Crippen molar-refractivity contribution >= 4 is 11.9 Å². The number of amides is 1. The highest BCUT2D eigenvalue weighted by Gasteiger charge is 2.38. The zero-order valence-corrected chi connectivity index (χ0v) is 13.1. The maximum Gasteiger partial charge on any atom is 0.308 e. The van der Waals surface area contributed by atoms with Gasteiger partial charge in [-0.15, -0.1) is 0 Å². The van der Waals surface area contributed by atoms with Crippen molar-refractivity contribution in [3.8, 4) is 0 Å². The highest BCUT2D eigenvalue weighted by Crippen LogP contribution is 2.25. The summed E-state index contributed by atoms with van der Waals surface area (Å²) >= 11 is 0. The highest BCUT2D eigenvalue weighted by molar-refractivity contribution is 5.85. The second-order valence-electron chi connectivity index (χ2n) is 6.06. The number of hydrogen-bond donors (Lipinski definition) is 2. The van der Waals surface area contributed by atoms with Gasteiger partial charge in [-0.25, -0.2) is 0 Å². The Labute approximate surface area is 130 Å². The van der Waals surface area contributed by atoms with Crippen LogP contribution in [0.3, 0.4) is 0 Å². The van der Waals surface area contributed by atoms with E-state index in [1.54, 1.807) is 6.92 Å². The van der Waals surface area contributed by atoms with Crippen molar-refractivity contribution in [2.24, 2.45) is 5.92 Å². The molecule has 1 saturated heterocycles. The van der Waals surface area contributed by atoms with Gasteiger partial charge in [0.25, 0.3) is 5.91 Å². The van der Waals surface area contributed by atoms with E-state index in [9.17, 15) is 14.7 Å². The third-order valence-electron chi connectivity index (χ3n) is 4.28. The normalized spacial score (nSPS) is 22.3. The quantitative estimate of drug-likeness (QED) is 0.842. The van der Waals surface area contributed by atoms with Crippen molar-refractivity contribution < 1.29 is 19.4 Å². The molecule has 0 radical (unpaired) electrons. The number of ether oxygens (including phenoxy) is 1.